The lowest BCUT2D eigenvalue weighted by Gasteiger charge is -2.17. The average molecular weight is 407 g/mol. The summed E-state index contributed by atoms with van der Waals surface area (Å²) in [6.07, 6.45) is -4.36. The van der Waals surface area contributed by atoms with Crippen LogP contribution in [-0.2, 0) is 24.1 Å². The number of alkyl halides is 3. The molecular formula is C20H20F3N3OS. The second-order valence-electron chi connectivity index (χ2n) is 6.36. The van der Waals surface area contributed by atoms with Gasteiger partial charge in [0.1, 0.15) is 0 Å². The molecule has 1 amide bonds. The number of thioether (sulfide) groups is 1. The Labute approximate surface area is 165 Å². The van der Waals surface area contributed by atoms with Crippen LogP contribution in [0.4, 0.5) is 13.2 Å². The summed E-state index contributed by atoms with van der Waals surface area (Å²) in [7, 11) is 1.64. The maximum absolute atomic E-state index is 12.6. The molecule has 0 spiro atoms. The number of nitrogens with zero attached hydrogens (tertiary/aromatic N) is 3. The van der Waals surface area contributed by atoms with Gasteiger partial charge in [-0.1, -0.05) is 36.0 Å². The topological polar surface area (TPSA) is 38.1 Å². The highest BCUT2D eigenvalue weighted by molar-refractivity contribution is 7.99. The van der Waals surface area contributed by atoms with E-state index in [2.05, 4.69) is 9.55 Å². The highest BCUT2D eigenvalue weighted by Gasteiger charge is 2.30. The van der Waals surface area contributed by atoms with Gasteiger partial charge in [0.15, 0.2) is 5.16 Å². The van der Waals surface area contributed by atoms with Crippen LogP contribution in [0.3, 0.4) is 0 Å². The normalized spacial score (nSPS) is 11.8. The molecule has 0 fully saturated rings. The number of hydrogen-bond acceptors (Lipinski definition) is 3. The lowest BCUT2D eigenvalue weighted by atomic mass is 10.1. The number of aryl methyl sites for hydroxylation is 1. The van der Waals surface area contributed by atoms with E-state index < -0.39 is 11.7 Å². The molecule has 0 atom stereocenters. The molecule has 3 aromatic rings. The SMILES string of the molecule is CCn1c(SCC(=O)N(C)Cc2ccc(C(F)(F)F)cc2)nc2ccccc21. The van der Waals surface area contributed by atoms with Crippen molar-refractivity contribution in [3.05, 3.63) is 59.7 Å². The smallest absolute Gasteiger partial charge is 0.341 e. The average Bonchev–Trinajstić information content (AvgIpc) is 3.03. The quantitative estimate of drug-likeness (QED) is 0.550. The van der Waals surface area contributed by atoms with Crippen LogP contribution in [0.15, 0.2) is 53.7 Å². The Balaban J connectivity index is 1.62. The molecule has 0 unspecified atom stereocenters. The van der Waals surface area contributed by atoms with Gasteiger partial charge in [0.25, 0.3) is 0 Å². The maximum atomic E-state index is 12.6. The number of para-hydroxylation sites is 2. The first-order chi connectivity index (χ1) is 13.3. The van der Waals surface area contributed by atoms with Crippen molar-refractivity contribution in [2.24, 2.45) is 0 Å². The Morgan fingerprint density at radius 2 is 1.82 bits per heavy atom. The zero-order valence-corrected chi connectivity index (χ0v) is 16.3. The number of benzene rings is 2. The van der Waals surface area contributed by atoms with Crippen molar-refractivity contribution >= 4 is 28.7 Å². The van der Waals surface area contributed by atoms with E-state index >= 15 is 0 Å². The molecule has 0 radical (unpaired) electrons. The number of fused-ring (bicyclic) bond motifs is 1. The third-order valence-corrected chi connectivity index (χ3v) is 5.35. The molecule has 0 aliphatic rings. The van der Waals surface area contributed by atoms with Crippen LogP contribution < -0.4 is 0 Å². The summed E-state index contributed by atoms with van der Waals surface area (Å²) in [5.41, 5.74) is 1.87. The minimum atomic E-state index is -4.36. The Kier molecular flexibility index (Phi) is 5.98. The molecule has 3 rings (SSSR count). The lowest BCUT2D eigenvalue weighted by Crippen LogP contribution is -2.28. The van der Waals surface area contributed by atoms with Crippen LogP contribution in [0, 0.1) is 0 Å². The molecule has 1 aromatic heterocycles. The fourth-order valence-corrected chi connectivity index (χ4v) is 3.89. The fraction of sp³-hybridized carbons (Fsp3) is 0.300. The number of rotatable bonds is 6. The van der Waals surface area contributed by atoms with Crippen LogP contribution >= 0.6 is 11.8 Å². The minimum absolute atomic E-state index is 0.111. The molecule has 1 heterocycles. The zero-order valence-electron chi connectivity index (χ0n) is 15.5. The standard InChI is InChI=1S/C20H20F3N3OS/c1-3-26-17-7-5-4-6-16(17)24-19(26)28-13-18(27)25(2)12-14-8-10-15(11-9-14)20(21,22)23/h4-11H,3,12-13H2,1-2H3. The van der Waals surface area contributed by atoms with E-state index in [4.69, 9.17) is 0 Å². The van der Waals surface area contributed by atoms with Crippen molar-refractivity contribution in [1.82, 2.24) is 14.5 Å². The van der Waals surface area contributed by atoms with E-state index in [0.717, 1.165) is 34.9 Å². The van der Waals surface area contributed by atoms with E-state index in [1.54, 1.807) is 7.05 Å². The molecule has 0 saturated heterocycles. The molecule has 0 aliphatic carbocycles. The molecule has 0 N–H and O–H groups in total. The predicted octanol–water partition coefficient (Wildman–Crippen LogP) is 4.83. The van der Waals surface area contributed by atoms with Crippen LogP contribution in [-0.4, -0.2) is 33.2 Å². The minimum Gasteiger partial charge on any atom is -0.341 e. The zero-order chi connectivity index (χ0) is 20.3. The summed E-state index contributed by atoms with van der Waals surface area (Å²) in [5, 5.41) is 0.778. The van der Waals surface area contributed by atoms with Crippen molar-refractivity contribution in [3.8, 4) is 0 Å². The summed E-state index contributed by atoms with van der Waals surface area (Å²) in [5.74, 6) is 0.0973. The van der Waals surface area contributed by atoms with Gasteiger partial charge in [-0.05, 0) is 36.8 Å². The first-order valence-corrected chi connectivity index (χ1v) is 9.76. The molecule has 0 bridgehead atoms. The summed E-state index contributed by atoms with van der Waals surface area (Å²) in [6, 6.07) is 12.7. The molecule has 4 nitrogen and oxygen atoms in total. The first kappa shape index (κ1) is 20.3. The number of hydrogen-bond donors (Lipinski definition) is 0. The lowest BCUT2D eigenvalue weighted by molar-refractivity contribution is -0.137. The Bertz CT molecular complexity index is 967. The van der Waals surface area contributed by atoms with Crippen LogP contribution in [0.5, 0.6) is 0 Å². The van der Waals surface area contributed by atoms with Gasteiger partial charge in [0.2, 0.25) is 5.91 Å². The monoisotopic (exact) mass is 407 g/mol. The van der Waals surface area contributed by atoms with Crippen LogP contribution in [0.25, 0.3) is 11.0 Å². The number of amides is 1. The molecule has 8 heteroatoms. The highest BCUT2D eigenvalue weighted by atomic mass is 32.2. The van der Waals surface area contributed by atoms with Gasteiger partial charge in [-0.15, -0.1) is 0 Å². The van der Waals surface area contributed by atoms with E-state index in [-0.39, 0.29) is 18.2 Å². The summed E-state index contributed by atoms with van der Waals surface area (Å²) >= 11 is 1.36. The van der Waals surface area contributed by atoms with Gasteiger partial charge in [0, 0.05) is 20.1 Å². The largest absolute Gasteiger partial charge is 0.416 e. The van der Waals surface area contributed by atoms with Crippen LogP contribution in [0.1, 0.15) is 18.1 Å². The van der Waals surface area contributed by atoms with Gasteiger partial charge >= 0.3 is 6.18 Å². The van der Waals surface area contributed by atoms with Crippen molar-refractivity contribution < 1.29 is 18.0 Å². The van der Waals surface area contributed by atoms with E-state index in [1.807, 2.05) is 31.2 Å². The summed E-state index contributed by atoms with van der Waals surface area (Å²) in [6.45, 7) is 3.02. The second kappa shape index (κ2) is 8.26. The van der Waals surface area contributed by atoms with Crippen molar-refractivity contribution in [1.29, 1.82) is 0 Å². The number of carbonyl (C=O) groups is 1. The van der Waals surface area contributed by atoms with E-state index in [0.29, 0.717) is 5.56 Å². The van der Waals surface area contributed by atoms with E-state index in [9.17, 15) is 18.0 Å². The summed E-state index contributed by atoms with van der Waals surface area (Å²) < 4.78 is 40.0. The van der Waals surface area contributed by atoms with Gasteiger partial charge in [-0.25, -0.2) is 4.98 Å². The van der Waals surface area contributed by atoms with Crippen molar-refractivity contribution in [3.63, 3.8) is 0 Å². The Morgan fingerprint density at radius 1 is 1.14 bits per heavy atom. The van der Waals surface area contributed by atoms with Gasteiger partial charge in [0.05, 0.1) is 22.3 Å². The Hall–Kier alpha value is -2.48. The number of aromatic nitrogens is 2. The molecule has 2 aromatic carbocycles. The molecule has 148 valence electrons. The first-order valence-electron chi connectivity index (χ1n) is 8.77. The molecule has 28 heavy (non-hydrogen) atoms. The maximum Gasteiger partial charge on any atom is 0.416 e. The van der Waals surface area contributed by atoms with E-state index in [1.165, 1.54) is 28.8 Å². The van der Waals surface area contributed by atoms with Gasteiger partial charge in [-0.2, -0.15) is 13.2 Å². The van der Waals surface area contributed by atoms with Gasteiger partial charge < -0.3 is 9.47 Å². The fourth-order valence-electron chi connectivity index (χ4n) is 2.87. The van der Waals surface area contributed by atoms with Crippen molar-refractivity contribution in [2.45, 2.75) is 31.3 Å². The number of carbonyl (C=O) groups excluding carboxylic acids is 1. The number of halogens is 3. The highest BCUT2D eigenvalue weighted by Crippen LogP contribution is 2.29. The van der Waals surface area contributed by atoms with Gasteiger partial charge in [-0.3, -0.25) is 4.79 Å². The second-order valence-corrected chi connectivity index (χ2v) is 7.30. The van der Waals surface area contributed by atoms with Crippen LogP contribution in [0.2, 0.25) is 0 Å². The van der Waals surface area contributed by atoms with Crippen molar-refractivity contribution in [2.75, 3.05) is 12.8 Å². The molecule has 0 aliphatic heterocycles. The molecule has 0 saturated carbocycles. The summed E-state index contributed by atoms with van der Waals surface area (Å²) in [4.78, 5) is 18.5. The Morgan fingerprint density at radius 3 is 2.46 bits per heavy atom. The molecular weight excluding hydrogens is 387 g/mol. The third kappa shape index (κ3) is 4.49. The third-order valence-electron chi connectivity index (χ3n) is 4.39. The predicted molar refractivity (Wildman–Crippen MR) is 104 cm³/mol. The number of imidazole rings is 1.